The Kier molecular flexibility index (Phi) is 6.13. The van der Waals surface area contributed by atoms with Crippen LogP contribution in [0.1, 0.15) is 51.0 Å². The molecule has 34 heavy (non-hydrogen) atoms. The number of benzene rings is 1. The quantitative estimate of drug-likeness (QED) is 0.416. The first-order chi connectivity index (χ1) is 16.5. The van der Waals surface area contributed by atoms with Crippen molar-refractivity contribution in [1.29, 1.82) is 0 Å². The molecule has 3 aromatic heterocycles. The lowest BCUT2D eigenvalue weighted by atomic mass is 9.92. The van der Waals surface area contributed by atoms with E-state index < -0.39 is 0 Å². The SMILES string of the molecule is CC.Cc1nc2c(C)c(O)c(-c3ccc4nc(N5CCC(NC6CCC6)C5)ccc4n3)cc2o1. The topological polar surface area (TPSA) is 87.3 Å². The molecule has 7 nitrogen and oxygen atoms in total. The number of hydrogen-bond donors (Lipinski definition) is 2. The minimum Gasteiger partial charge on any atom is -0.507 e. The van der Waals surface area contributed by atoms with Crippen LogP contribution in [-0.4, -0.2) is 45.2 Å². The van der Waals surface area contributed by atoms with E-state index in [-0.39, 0.29) is 5.75 Å². The second-order valence-electron chi connectivity index (χ2n) is 9.11. The number of phenolic OH excluding ortho intramolecular Hbond substituents is 1. The van der Waals surface area contributed by atoms with E-state index in [0.29, 0.717) is 45.9 Å². The lowest BCUT2D eigenvalue weighted by Crippen LogP contribution is -2.43. The number of aryl methyl sites for hydroxylation is 2. The third-order valence-corrected chi connectivity index (χ3v) is 6.89. The highest BCUT2D eigenvalue weighted by Crippen LogP contribution is 2.37. The van der Waals surface area contributed by atoms with Gasteiger partial charge in [-0.3, -0.25) is 0 Å². The van der Waals surface area contributed by atoms with Crippen LogP contribution in [0.2, 0.25) is 0 Å². The third-order valence-electron chi connectivity index (χ3n) is 6.89. The van der Waals surface area contributed by atoms with Crippen LogP contribution in [0, 0.1) is 13.8 Å². The van der Waals surface area contributed by atoms with Crippen LogP contribution in [0.4, 0.5) is 5.82 Å². The molecule has 1 aliphatic carbocycles. The van der Waals surface area contributed by atoms with Crippen molar-refractivity contribution in [2.75, 3.05) is 18.0 Å². The van der Waals surface area contributed by atoms with Crippen molar-refractivity contribution >= 4 is 28.0 Å². The first-order valence-corrected chi connectivity index (χ1v) is 12.4. The first-order valence-electron chi connectivity index (χ1n) is 12.4. The van der Waals surface area contributed by atoms with Crippen LogP contribution in [0.25, 0.3) is 33.4 Å². The standard InChI is InChI=1S/C25H27N5O2.C2H6/c1-14-24-22(32-15(2)26-24)12-18(25(14)31)19-6-7-21-20(28-19)8-9-23(29-21)30-11-10-17(13-30)27-16-4-3-5-16;1-2/h6-9,12,16-17,27,31H,3-5,10-11,13H2,1-2H3;1-2H3. The van der Waals surface area contributed by atoms with E-state index in [2.05, 4.69) is 21.3 Å². The number of nitrogens with one attached hydrogen (secondary N) is 1. The number of aromatic hydroxyl groups is 1. The zero-order valence-electron chi connectivity index (χ0n) is 20.4. The molecule has 1 saturated carbocycles. The molecular weight excluding hydrogens is 426 g/mol. The number of fused-ring (bicyclic) bond motifs is 2. The number of nitrogens with zero attached hydrogens (tertiary/aromatic N) is 4. The van der Waals surface area contributed by atoms with Gasteiger partial charge in [-0.05, 0) is 56.5 Å². The summed E-state index contributed by atoms with van der Waals surface area (Å²) >= 11 is 0. The molecule has 0 bridgehead atoms. The van der Waals surface area contributed by atoms with Gasteiger partial charge in [0.2, 0.25) is 0 Å². The average molecular weight is 460 g/mol. The van der Waals surface area contributed by atoms with Gasteiger partial charge in [-0.25, -0.2) is 15.0 Å². The molecule has 2 N–H and O–H groups in total. The highest BCUT2D eigenvalue weighted by molar-refractivity contribution is 5.89. The fourth-order valence-electron chi connectivity index (χ4n) is 4.86. The van der Waals surface area contributed by atoms with Gasteiger partial charge in [-0.15, -0.1) is 0 Å². The Balaban J connectivity index is 0.00000117. The van der Waals surface area contributed by atoms with E-state index in [1.54, 1.807) is 6.92 Å². The number of hydrogen-bond acceptors (Lipinski definition) is 7. The summed E-state index contributed by atoms with van der Waals surface area (Å²) in [7, 11) is 0. The number of anilines is 1. The van der Waals surface area contributed by atoms with E-state index in [1.165, 1.54) is 19.3 Å². The molecule has 7 heteroatoms. The van der Waals surface area contributed by atoms with E-state index in [4.69, 9.17) is 14.4 Å². The van der Waals surface area contributed by atoms with Crippen molar-refractivity contribution in [3.05, 3.63) is 41.8 Å². The van der Waals surface area contributed by atoms with Crippen molar-refractivity contribution in [3.63, 3.8) is 0 Å². The van der Waals surface area contributed by atoms with Crippen molar-refractivity contribution in [2.45, 2.75) is 65.5 Å². The van der Waals surface area contributed by atoms with Gasteiger partial charge in [-0.1, -0.05) is 20.3 Å². The first kappa shape index (κ1) is 22.6. The van der Waals surface area contributed by atoms with Gasteiger partial charge in [0.25, 0.3) is 0 Å². The number of phenols is 1. The predicted octanol–water partition coefficient (Wildman–Crippen LogP) is 5.51. The molecule has 0 radical (unpaired) electrons. The average Bonchev–Trinajstić information content (AvgIpc) is 3.45. The Bertz CT molecular complexity index is 1330. The molecule has 2 aliphatic rings. The molecule has 1 atom stereocenters. The number of aromatic nitrogens is 3. The lowest BCUT2D eigenvalue weighted by Gasteiger charge is -2.30. The van der Waals surface area contributed by atoms with Crippen LogP contribution in [0.3, 0.4) is 0 Å². The van der Waals surface area contributed by atoms with Gasteiger partial charge in [0.1, 0.15) is 17.1 Å². The lowest BCUT2D eigenvalue weighted by molar-refractivity contribution is 0.311. The Morgan fingerprint density at radius 3 is 2.50 bits per heavy atom. The minimum absolute atomic E-state index is 0.185. The highest BCUT2D eigenvalue weighted by atomic mass is 16.3. The molecular formula is C27H33N5O2. The van der Waals surface area contributed by atoms with Gasteiger partial charge in [0.15, 0.2) is 11.5 Å². The second-order valence-corrected chi connectivity index (χ2v) is 9.11. The Morgan fingerprint density at radius 1 is 0.971 bits per heavy atom. The molecule has 0 amide bonds. The Hall–Kier alpha value is -3.19. The summed E-state index contributed by atoms with van der Waals surface area (Å²) in [4.78, 5) is 16.4. The highest BCUT2D eigenvalue weighted by Gasteiger charge is 2.27. The summed E-state index contributed by atoms with van der Waals surface area (Å²) in [5, 5.41) is 14.6. The molecule has 1 aromatic carbocycles. The fraction of sp³-hybridized carbons (Fsp3) is 0.444. The van der Waals surface area contributed by atoms with E-state index in [0.717, 1.165) is 36.4 Å². The summed E-state index contributed by atoms with van der Waals surface area (Å²) in [5.41, 5.74) is 5.03. The molecule has 0 spiro atoms. The monoisotopic (exact) mass is 459 g/mol. The van der Waals surface area contributed by atoms with Crippen LogP contribution in [-0.2, 0) is 0 Å². The van der Waals surface area contributed by atoms with Crippen LogP contribution < -0.4 is 10.2 Å². The number of pyridine rings is 2. The van der Waals surface area contributed by atoms with Crippen molar-refractivity contribution in [3.8, 4) is 17.0 Å². The Labute approximate surface area is 200 Å². The smallest absolute Gasteiger partial charge is 0.192 e. The Morgan fingerprint density at radius 2 is 1.74 bits per heavy atom. The summed E-state index contributed by atoms with van der Waals surface area (Å²) in [6.45, 7) is 9.68. The normalized spacial score (nSPS) is 18.2. The maximum Gasteiger partial charge on any atom is 0.192 e. The van der Waals surface area contributed by atoms with E-state index >= 15 is 0 Å². The molecule has 178 valence electrons. The van der Waals surface area contributed by atoms with E-state index in [9.17, 15) is 5.11 Å². The van der Waals surface area contributed by atoms with E-state index in [1.807, 2.05) is 45.0 Å². The maximum absolute atomic E-state index is 10.8. The van der Waals surface area contributed by atoms with Gasteiger partial charge < -0.3 is 19.7 Å². The summed E-state index contributed by atoms with van der Waals surface area (Å²) in [6, 6.07) is 11.0. The summed E-state index contributed by atoms with van der Waals surface area (Å²) < 4.78 is 5.70. The number of oxazole rings is 1. The van der Waals surface area contributed by atoms with Gasteiger partial charge in [-0.2, -0.15) is 0 Å². The predicted molar refractivity (Wildman–Crippen MR) is 136 cm³/mol. The maximum atomic E-state index is 10.8. The van der Waals surface area contributed by atoms with Crippen molar-refractivity contribution in [2.24, 2.45) is 0 Å². The van der Waals surface area contributed by atoms with Crippen molar-refractivity contribution < 1.29 is 9.52 Å². The largest absolute Gasteiger partial charge is 0.507 e. The third kappa shape index (κ3) is 4.09. The molecule has 1 unspecified atom stereocenters. The van der Waals surface area contributed by atoms with Crippen molar-refractivity contribution in [1.82, 2.24) is 20.3 Å². The zero-order chi connectivity index (χ0) is 23.8. The molecule has 1 aliphatic heterocycles. The molecule has 2 fully saturated rings. The molecule has 1 saturated heterocycles. The van der Waals surface area contributed by atoms with Gasteiger partial charge in [0, 0.05) is 43.2 Å². The van der Waals surface area contributed by atoms with Crippen LogP contribution >= 0.6 is 0 Å². The second kappa shape index (κ2) is 9.22. The molecule has 6 rings (SSSR count). The summed E-state index contributed by atoms with van der Waals surface area (Å²) in [5.74, 6) is 1.77. The summed E-state index contributed by atoms with van der Waals surface area (Å²) in [6.07, 6.45) is 5.15. The van der Waals surface area contributed by atoms with Crippen LogP contribution in [0.15, 0.2) is 34.7 Å². The minimum atomic E-state index is 0.185. The fourth-order valence-corrected chi connectivity index (χ4v) is 4.86. The number of rotatable bonds is 4. The van der Waals surface area contributed by atoms with Gasteiger partial charge >= 0.3 is 0 Å². The molecule has 4 aromatic rings. The zero-order valence-corrected chi connectivity index (χ0v) is 20.4. The van der Waals surface area contributed by atoms with Gasteiger partial charge in [0.05, 0.1) is 16.7 Å². The van der Waals surface area contributed by atoms with Crippen LogP contribution in [0.5, 0.6) is 5.75 Å². The molecule has 4 heterocycles.